The predicted molar refractivity (Wildman–Crippen MR) is 136 cm³/mol. The van der Waals surface area contributed by atoms with E-state index in [0.29, 0.717) is 5.92 Å². The maximum absolute atomic E-state index is 10.6. The quantitative estimate of drug-likeness (QED) is 0.401. The SMILES string of the molecule is C[C@H]1CN(Cc2ccco2)C[C@@]12COCCN(Cc1nccn1C)C2.O=C(O)C(F)(F)F.O=C(O)C(F)(F)F.O=C(O)C(F)(F)F. The van der Waals surface area contributed by atoms with E-state index >= 15 is 0 Å². The topological polar surface area (TPSA) is 159 Å². The van der Waals surface area contributed by atoms with Gasteiger partial charge >= 0.3 is 36.4 Å². The van der Waals surface area contributed by atoms with E-state index in [1.807, 2.05) is 18.5 Å². The van der Waals surface area contributed by atoms with Gasteiger partial charge in [-0.25, -0.2) is 19.4 Å². The molecular weight excluding hydrogens is 655 g/mol. The van der Waals surface area contributed by atoms with Gasteiger partial charge in [-0.1, -0.05) is 6.92 Å². The summed E-state index contributed by atoms with van der Waals surface area (Å²) < 4.78 is 109. The van der Waals surface area contributed by atoms with E-state index in [0.717, 1.165) is 64.1 Å². The number of alkyl halides is 9. The average Bonchev–Trinajstić information content (AvgIpc) is 3.59. The first-order valence-corrected chi connectivity index (χ1v) is 12.9. The molecule has 0 radical (unpaired) electrons. The molecule has 0 bridgehead atoms. The smallest absolute Gasteiger partial charge is 0.475 e. The van der Waals surface area contributed by atoms with E-state index < -0.39 is 36.4 Å². The Bertz CT molecular complexity index is 1190. The summed E-state index contributed by atoms with van der Waals surface area (Å²) >= 11 is 0. The fraction of sp³-hybridized carbons (Fsp3) is 0.600. The molecule has 2 fully saturated rings. The van der Waals surface area contributed by atoms with Crippen LogP contribution in [0.5, 0.6) is 0 Å². The number of likely N-dealkylation sites (tertiary alicyclic amines) is 1. The summed E-state index contributed by atoms with van der Waals surface area (Å²) in [7, 11) is 2.07. The molecule has 4 heterocycles. The Balaban J connectivity index is 0.000000413. The second-order valence-corrected chi connectivity index (χ2v) is 10.1. The van der Waals surface area contributed by atoms with E-state index in [2.05, 4.69) is 39.4 Å². The van der Waals surface area contributed by atoms with E-state index in [9.17, 15) is 39.5 Å². The van der Waals surface area contributed by atoms with Crippen LogP contribution in [0, 0.1) is 11.3 Å². The zero-order chi connectivity index (χ0) is 35.5. The molecule has 3 N–H and O–H groups in total. The number of nitrogens with zero attached hydrogens (tertiary/aromatic N) is 4. The number of rotatable bonds is 4. The number of carbonyl (C=O) groups is 3. The molecule has 2 saturated heterocycles. The van der Waals surface area contributed by atoms with Crippen molar-refractivity contribution >= 4 is 17.9 Å². The number of furan rings is 1. The Kier molecular flexibility index (Phi) is 14.5. The van der Waals surface area contributed by atoms with Crippen LogP contribution >= 0.6 is 0 Å². The average molecular weight is 687 g/mol. The number of carboxylic acid groups (broad SMARTS) is 3. The van der Waals surface area contributed by atoms with Gasteiger partial charge in [-0.15, -0.1) is 0 Å². The highest BCUT2D eigenvalue weighted by atomic mass is 19.4. The fourth-order valence-corrected chi connectivity index (χ4v) is 4.31. The second kappa shape index (κ2) is 16.6. The van der Waals surface area contributed by atoms with E-state index in [1.54, 1.807) is 6.26 Å². The maximum atomic E-state index is 10.6. The largest absolute Gasteiger partial charge is 0.490 e. The lowest BCUT2D eigenvalue weighted by molar-refractivity contribution is -0.193. The number of imidazole rings is 1. The first-order valence-electron chi connectivity index (χ1n) is 12.9. The molecule has 1 spiro atoms. The van der Waals surface area contributed by atoms with Crippen molar-refractivity contribution in [2.75, 3.05) is 39.4 Å². The standard InChI is InChI=1S/C19H28N4O2.3C2HF3O2/c1-16-10-23(11-17-4-3-8-25-17)14-19(16)13-22(7-9-24-15-19)12-18-20-5-6-21(18)2;3*3-2(4,5)1(6)7/h3-6,8,16H,7,9-15H2,1-2H3;3*(H,6,7)/t16-,19-;;;/m0.../s1. The van der Waals surface area contributed by atoms with Crippen LogP contribution < -0.4 is 0 Å². The van der Waals surface area contributed by atoms with E-state index in [4.69, 9.17) is 38.9 Å². The van der Waals surface area contributed by atoms with Crippen LogP contribution in [0.4, 0.5) is 39.5 Å². The van der Waals surface area contributed by atoms with Gasteiger partial charge < -0.3 is 29.0 Å². The van der Waals surface area contributed by atoms with Crippen molar-refractivity contribution in [2.45, 2.75) is 38.5 Å². The highest BCUT2D eigenvalue weighted by Gasteiger charge is 2.46. The molecule has 0 aliphatic carbocycles. The number of ether oxygens (including phenoxy) is 1. The van der Waals surface area contributed by atoms with Gasteiger partial charge in [0.2, 0.25) is 0 Å². The van der Waals surface area contributed by atoms with Crippen LogP contribution in [0.2, 0.25) is 0 Å². The highest BCUT2D eigenvalue weighted by Crippen LogP contribution is 2.39. The normalized spacial score (nSPS) is 20.7. The third-order valence-electron chi connectivity index (χ3n) is 6.57. The lowest BCUT2D eigenvalue weighted by atomic mass is 9.79. The molecule has 0 unspecified atom stereocenters. The van der Waals surface area contributed by atoms with Crippen molar-refractivity contribution in [1.82, 2.24) is 19.4 Å². The number of carboxylic acids is 3. The molecule has 2 atom stereocenters. The minimum Gasteiger partial charge on any atom is -0.475 e. The zero-order valence-corrected chi connectivity index (χ0v) is 24.2. The van der Waals surface area contributed by atoms with Crippen molar-refractivity contribution in [2.24, 2.45) is 18.4 Å². The molecule has 2 aromatic rings. The first kappa shape index (κ1) is 40.2. The summed E-state index contributed by atoms with van der Waals surface area (Å²) in [6, 6.07) is 4.03. The molecule has 21 heteroatoms. The van der Waals surface area contributed by atoms with Gasteiger partial charge in [0, 0.05) is 51.0 Å². The number of halogens is 9. The van der Waals surface area contributed by atoms with Gasteiger partial charge in [0.25, 0.3) is 0 Å². The number of aliphatic carboxylic acids is 3. The summed E-state index contributed by atoms with van der Waals surface area (Å²) in [6.45, 7) is 9.99. The van der Waals surface area contributed by atoms with Gasteiger partial charge in [-0.05, 0) is 18.1 Å². The van der Waals surface area contributed by atoms with Crippen molar-refractivity contribution in [3.05, 3.63) is 42.4 Å². The molecule has 262 valence electrons. The summed E-state index contributed by atoms with van der Waals surface area (Å²) in [6.07, 6.45) is -9.60. The second-order valence-electron chi connectivity index (χ2n) is 10.1. The first-order chi connectivity index (χ1) is 21.0. The van der Waals surface area contributed by atoms with E-state index in [-0.39, 0.29) is 5.41 Å². The summed E-state index contributed by atoms with van der Waals surface area (Å²) in [5.74, 6) is -5.50. The molecular formula is C25H31F9N4O8. The van der Waals surface area contributed by atoms with E-state index in [1.165, 1.54) is 0 Å². The third kappa shape index (κ3) is 13.6. The molecule has 2 aliphatic heterocycles. The van der Waals surface area contributed by atoms with Crippen molar-refractivity contribution in [1.29, 1.82) is 0 Å². The van der Waals surface area contributed by atoms with Crippen molar-refractivity contribution < 1.29 is 78.4 Å². The number of aryl methyl sites for hydroxylation is 1. The number of hydrogen-bond donors (Lipinski definition) is 3. The van der Waals surface area contributed by atoms with Gasteiger partial charge in [0.15, 0.2) is 0 Å². The minimum atomic E-state index is -5.08. The molecule has 0 aromatic carbocycles. The van der Waals surface area contributed by atoms with Gasteiger partial charge in [0.05, 0.1) is 32.6 Å². The van der Waals surface area contributed by atoms with Crippen molar-refractivity contribution in [3.8, 4) is 0 Å². The van der Waals surface area contributed by atoms with Crippen LogP contribution in [-0.4, -0.2) is 111 Å². The minimum absolute atomic E-state index is 0.189. The molecule has 2 aliphatic rings. The molecule has 46 heavy (non-hydrogen) atoms. The molecule has 0 saturated carbocycles. The zero-order valence-electron chi connectivity index (χ0n) is 24.2. The van der Waals surface area contributed by atoms with Gasteiger partial charge in [-0.3, -0.25) is 9.80 Å². The Labute approximate surface area is 254 Å². The molecule has 12 nitrogen and oxygen atoms in total. The summed E-state index contributed by atoms with van der Waals surface area (Å²) in [5, 5.41) is 21.4. The van der Waals surface area contributed by atoms with Crippen LogP contribution in [0.25, 0.3) is 0 Å². The monoisotopic (exact) mass is 686 g/mol. The fourth-order valence-electron chi connectivity index (χ4n) is 4.31. The van der Waals surface area contributed by atoms with Crippen LogP contribution in [0.1, 0.15) is 18.5 Å². The predicted octanol–water partition coefficient (Wildman–Crippen LogP) is 3.88. The lowest BCUT2D eigenvalue weighted by Crippen LogP contribution is -2.43. The summed E-state index contributed by atoms with van der Waals surface area (Å²) in [4.78, 5) is 36.2. The Hall–Kier alpha value is -3.85. The molecule has 2 aromatic heterocycles. The molecule has 4 rings (SSSR count). The Morgan fingerprint density at radius 3 is 1.83 bits per heavy atom. The van der Waals surface area contributed by atoms with Crippen molar-refractivity contribution in [3.63, 3.8) is 0 Å². The Morgan fingerprint density at radius 2 is 1.41 bits per heavy atom. The van der Waals surface area contributed by atoms with Crippen LogP contribution in [0.15, 0.2) is 35.2 Å². The number of aromatic nitrogens is 2. The third-order valence-corrected chi connectivity index (χ3v) is 6.57. The lowest BCUT2D eigenvalue weighted by Gasteiger charge is -2.35. The number of hydrogen-bond acceptors (Lipinski definition) is 8. The van der Waals surface area contributed by atoms with Gasteiger partial charge in [-0.2, -0.15) is 39.5 Å². The highest BCUT2D eigenvalue weighted by molar-refractivity contribution is 5.73. The summed E-state index contributed by atoms with van der Waals surface area (Å²) in [5.41, 5.74) is 0.189. The Morgan fingerprint density at radius 1 is 0.913 bits per heavy atom. The van der Waals surface area contributed by atoms with Crippen LogP contribution in [0.3, 0.4) is 0 Å². The van der Waals surface area contributed by atoms with Gasteiger partial charge in [0.1, 0.15) is 11.6 Å². The van der Waals surface area contributed by atoms with Crippen LogP contribution in [-0.2, 0) is 39.3 Å². The maximum Gasteiger partial charge on any atom is 0.490 e. The molecule has 0 amide bonds.